The zero-order valence-corrected chi connectivity index (χ0v) is 21.1. The van der Waals surface area contributed by atoms with E-state index in [2.05, 4.69) is 19.7 Å². The quantitative estimate of drug-likeness (QED) is 0.199. The predicted molar refractivity (Wildman–Crippen MR) is 113 cm³/mol. The number of ether oxygens (including phenoxy) is 2. The highest BCUT2D eigenvalue weighted by Crippen LogP contribution is 2.44. The predicted octanol–water partition coefficient (Wildman–Crippen LogP) is 1.87. The van der Waals surface area contributed by atoms with E-state index in [1.807, 2.05) is 27.7 Å². The van der Waals surface area contributed by atoms with Crippen LogP contribution in [0.1, 0.15) is 34.6 Å². The Morgan fingerprint density at radius 1 is 0.733 bits per heavy atom. The van der Waals surface area contributed by atoms with Gasteiger partial charge in [-0.2, -0.15) is 0 Å². The Morgan fingerprint density at radius 3 is 1.53 bits per heavy atom. The van der Waals surface area contributed by atoms with Crippen molar-refractivity contribution in [2.24, 2.45) is 0 Å². The van der Waals surface area contributed by atoms with Crippen molar-refractivity contribution in [3.8, 4) is 0 Å². The van der Waals surface area contributed by atoms with Gasteiger partial charge in [0.15, 0.2) is 0 Å². The third-order valence-electron chi connectivity index (χ3n) is 3.32. The van der Waals surface area contributed by atoms with Gasteiger partial charge < -0.3 is 24.6 Å². The largest absolute Gasteiger partial charge is 0.473 e. The molecule has 0 aliphatic heterocycles. The fourth-order valence-corrected chi connectivity index (χ4v) is 3.27. The molecular weight excluding hydrogens is 442 g/mol. The molecule has 0 aromatic carbocycles. The minimum atomic E-state index is -3.96. The van der Waals surface area contributed by atoms with Crippen molar-refractivity contribution in [1.29, 1.82) is 0 Å². The summed E-state index contributed by atoms with van der Waals surface area (Å²) in [5.41, 5.74) is 0. The Kier molecular flexibility index (Phi) is 17.9. The number of phosphoric ester groups is 2. The van der Waals surface area contributed by atoms with Crippen molar-refractivity contribution in [2.75, 3.05) is 41.7 Å². The third kappa shape index (κ3) is 17.7. The van der Waals surface area contributed by atoms with Crippen LogP contribution in [0.15, 0.2) is 0 Å². The van der Waals surface area contributed by atoms with Crippen LogP contribution in [0.3, 0.4) is 0 Å². The first-order chi connectivity index (χ1) is 13.7. The number of methoxy groups -OCH3 is 2. The summed E-state index contributed by atoms with van der Waals surface area (Å²) in [6.07, 6.45) is -1.14. The minimum Gasteiger partial charge on any atom is -0.383 e. The first-order valence-electron chi connectivity index (χ1n) is 9.37. The molecule has 0 saturated carbocycles. The van der Waals surface area contributed by atoms with Crippen molar-refractivity contribution < 1.29 is 46.5 Å². The lowest BCUT2D eigenvalue weighted by Crippen LogP contribution is -2.46. The molecule has 0 saturated heterocycles. The highest BCUT2D eigenvalue weighted by atomic mass is 31.2. The van der Waals surface area contributed by atoms with Crippen molar-refractivity contribution in [3.05, 3.63) is 0 Å². The van der Waals surface area contributed by atoms with Gasteiger partial charge in [-0.05, 0) is 20.8 Å². The van der Waals surface area contributed by atoms with Gasteiger partial charge in [-0.15, -0.1) is 0 Å². The van der Waals surface area contributed by atoms with Crippen LogP contribution in [0.4, 0.5) is 0 Å². The fourth-order valence-electron chi connectivity index (χ4n) is 2.09. The molecule has 0 rings (SSSR count). The van der Waals surface area contributed by atoms with Gasteiger partial charge in [-0.1, -0.05) is 13.8 Å². The number of hydrogen-bond acceptors (Lipinski definition) is 10. The zero-order chi connectivity index (χ0) is 24.0. The second-order valence-electron chi connectivity index (χ2n) is 6.87. The Bertz CT molecular complexity index is 524. The molecule has 4 N–H and O–H groups in total. The van der Waals surface area contributed by atoms with E-state index in [0.29, 0.717) is 6.61 Å². The summed E-state index contributed by atoms with van der Waals surface area (Å²) in [4.78, 5) is 18.2. The molecule has 0 aliphatic carbocycles. The standard InChI is InChI=1S/C9H22NO5P.C7H18NO5P/c1-7(2)10-9(6-13-4)8(3)15-16(11,12)14-5;1-6(2)8-7(5-11-3)13-14(9,10)12-4/h7-10H,6H2,1-5H3,(H,11,12);6-8H,5H2,1-4H3,(H,9,10). The monoisotopic (exact) mass is 482 g/mol. The molecule has 30 heavy (non-hydrogen) atoms. The lowest BCUT2D eigenvalue weighted by Gasteiger charge is -2.27. The van der Waals surface area contributed by atoms with Gasteiger partial charge in [-0.25, -0.2) is 9.13 Å². The van der Waals surface area contributed by atoms with E-state index in [9.17, 15) is 14.0 Å². The van der Waals surface area contributed by atoms with E-state index < -0.39 is 28.0 Å². The topological polar surface area (TPSA) is 154 Å². The maximum atomic E-state index is 11.2. The second kappa shape index (κ2) is 16.7. The average molecular weight is 482 g/mol. The molecule has 0 amide bonds. The molecule has 0 radical (unpaired) electrons. The molecular formula is C16H40N2O10P2. The number of hydrogen-bond donors (Lipinski definition) is 4. The summed E-state index contributed by atoms with van der Waals surface area (Å²) in [6.45, 7) is 9.99. The maximum Gasteiger partial charge on any atom is 0.473 e. The van der Waals surface area contributed by atoms with Gasteiger partial charge in [0, 0.05) is 40.5 Å². The maximum absolute atomic E-state index is 11.2. The van der Waals surface area contributed by atoms with E-state index in [-0.39, 0.29) is 24.7 Å². The first-order valence-corrected chi connectivity index (χ1v) is 12.4. The van der Waals surface area contributed by atoms with Gasteiger partial charge in [0.1, 0.15) is 6.23 Å². The van der Waals surface area contributed by atoms with Gasteiger partial charge >= 0.3 is 15.6 Å². The lowest BCUT2D eigenvalue weighted by atomic mass is 10.2. The Balaban J connectivity index is 0. The molecule has 12 nitrogen and oxygen atoms in total. The van der Waals surface area contributed by atoms with Crippen LogP contribution in [0.5, 0.6) is 0 Å². The van der Waals surface area contributed by atoms with E-state index in [1.165, 1.54) is 7.11 Å². The van der Waals surface area contributed by atoms with Crippen molar-refractivity contribution in [1.82, 2.24) is 10.6 Å². The summed E-state index contributed by atoms with van der Waals surface area (Å²) in [5.74, 6) is 0. The molecule has 0 aromatic rings. The van der Waals surface area contributed by atoms with Gasteiger partial charge in [0.05, 0.1) is 25.4 Å². The van der Waals surface area contributed by atoms with E-state index in [1.54, 1.807) is 14.0 Å². The average Bonchev–Trinajstić information content (AvgIpc) is 2.60. The summed E-state index contributed by atoms with van der Waals surface area (Å²) >= 11 is 0. The fraction of sp³-hybridized carbons (Fsp3) is 1.00. The van der Waals surface area contributed by atoms with E-state index in [4.69, 9.17) is 23.4 Å². The summed E-state index contributed by atoms with van der Waals surface area (Å²) in [7, 11) is -2.61. The zero-order valence-electron chi connectivity index (χ0n) is 19.4. The van der Waals surface area contributed by atoms with Gasteiger partial charge in [-0.3, -0.25) is 23.4 Å². The third-order valence-corrected chi connectivity index (χ3v) is 5.36. The van der Waals surface area contributed by atoms with Crippen molar-refractivity contribution in [3.63, 3.8) is 0 Å². The van der Waals surface area contributed by atoms with Gasteiger partial charge in [0.25, 0.3) is 0 Å². The van der Waals surface area contributed by atoms with E-state index >= 15 is 0 Å². The molecule has 0 fully saturated rings. The smallest absolute Gasteiger partial charge is 0.383 e. The number of nitrogens with one attached hydrogen (secondary N) is 2. The highest BCUT2D eigenvalue weighted by molar-refractivity contribution is 7.47. The molecule has 0 aliphatic rings. The van der Waals surface area contributed by atoms with Crippen LogP contribution >= 0.6 is 15.6 Å². The molecule has 5 atom stereocenters. The summed E-state index contributed by atoms with van der Waals surface area (Å²) in [6, 6.07) is 0.180. The first kappa shape index (κ1) is 32.2. The molecule has 0 bridgehead atoms. The summed E-state index contributed by atoms with van der Waals surface area (Å²) in [5, 5.41) is 6.10. The van der Waals surface area contributed by atoms with E-state index in [0.717, 1.165) is 14.2 Å². The number of phosphoric acid groups is 2. The van der Waals surface area contributed by atoms with Crippen LogP contribution in [0.2, 0.25) is 0 Å². The van der Waals surface area contributed by atoms with Crippen LogP contribution in [-0.2, 0) is 36.7 Å². The molecule has 0 spiro atoms. The Labute approximate surface area is 180 Å². The highest BCUT2D eigenvalue weighted by Gasteiger charge is 2.28. The van der Waals surface area contributed by atoms with Crippen LogP contribution in [-0.4, -0.2) is 81.9 Å². The van der Waals surface area contributed by atoms with Crippen LogP contribution in [0, 0.1) is 0 Å². The Hall–Kier alpha value is 0.0600. The number of rotatable bonds is 15. The Morgan fingerprint density at radius 2 is 1.17 bits per heavy atom. The van der Waals surface area contributed by atoms with Crippen LogP contribution < -0.4 is 10.6 Å². The summed E-state index contributed by atoms with van der Waals surface area (Å²) < 4.78 is 50.5. The SMILES string of the molecule is COCC(NC(C)C)C(C)OP(=O)(O)OC.COCC(NC(C)C)OP(=O)(O)OC. The molecule has 0 heterocycles. The molecule has 0 aromatic heterocycles. The normalized spacial score (nSPS) is 18.8. The van der Waals surface area contributed by atoms with Crippen molar-refractivity contribution >= 4 is 15.6 Å². The molecule has 14 heteroatoms. The molecule has 184 valence electrons. The second-order valence-corrected chi connectivity index (χ2v) is 9.89. The van der Waals surface area contributed by atoms with Gasteiger partial charge in [0.2, 0.25) is 0 Å². The van der Waals surface area contributed by atoms with Crippen molar-refractivity contribution in [2.45, 2.75) is 65.1 Å². The lowest BCUT2D eigenvalue weighted by molar-refractivity contribution is 0.0283. The van der Waals surface area contributed by atoms with Crippen LogP contribution in [0.25, 0.3) is 0 Å². The minimum absolute atomic E-state index is 0.118. The molecule has 5 unspecified atom stereocenters.